The first kappa shape index (κ1) is 40.1. The zero-order valence-corrected chi connectivity index (χ0v) is 7.37. The van der Waals surface area contributed by atoms with Crippen LogP contribution in [0.3, 0.4) is 0 Å². The Labute approximate surface area is 65.3 Å². The van der Waals surface area contributed by atoms with E-state index in [0.29, 0.717) is 0 Å². The van der Waals surface area contributed by atoms with Crippen LogP contribution < -0.4 is 6.15 Å². The molecule has 0 rings (SSSR count). The summed E-state index contributed by atoms with van der Waals surface area (Å²) >= 11 is 0. The molecule has 0 aromatic rings. The maximum absolute atomic E-state index is 0. The summed E-state index contributed by atoms with van der Waals surface area (Å²) < 4.78 is 0. The molecule has 26 valence electrons. The third kappa shape index (κ3) is 9.13. The first-order chi connectivity index (χ1) is 0. The second kappa shape index (κ2) is 21.0. The standard InChI is InChI=1S/Co.Fe.Hf.N. The Hall–Kier alpha value is 1.86. The molecule has 0 N–H and O–H groups in total. The van der Waals surface area contributed by atoms with Gasteiger partial charge in [-0.05, 0) is 0 Å². The molecule has 0 atom stereocenters. The first-order valence-electron chi connectivity index (χ1n) is 0. The second-order valence-electron chi connectivity index (χ2n) is 0. The third-order valence-corrected chi connectivity index (χ3v) is 0. The average Bonchev–Trinajstić information content (AvgIpc) is 0. The van der Waals surface area contributed by atoms with E-state index in [2.05, 4.69) is 0 Å². The minimum Gasteiger partial charge on any atom is 0 e. The van der Waals surface area contributed by atoms with Gasteiger partial charge in [-0.2, -0.15) is 0 Å². The van der Waals surface area contributed by atoms with Crippen LogP contribution in [0.1, 0.15) is 0 Å². The van der Waals surface area contributed by atoms with Gasteiger partial charge in [-0.15, -0.1) is 0 Å². The topological polar surface area (TPSA) is 30.5 Å². The van der Waals surface area contributed by atoms with Crippen molar-refractivity contribution in [2.75, 3.05) is 0 Å². The Bertz CT molecular complexity index is 8.00. The zero-order chi connectivity index (χ0) is 0. The van der Waals surface area contributed by atoms with Crippen LogP contribution in [0.2, 0.25) is 0 Å². The molecule has 0 unspecified atom stereocenters. The molecule has 0 saturated heterocycles. The minimum absolute atomic E-state index is 0. The molecule has 0 aromatic heterocycles. The summed E-state index contributed by atoms with van der Waals surface area (Å²) in [7, 11) is 0. The second-order valence-corrected chi connectivity index (χ2v) is 0. The first-order valence-corrected chi connectivity index (χ1v) is 0. The monoisotopic (exact) mass is 309 g/mol. The van der Waals surface area contributed by atoms with Gasteiger partial charge in [0.25, 0.3) is 0 Å². The van der Waals surface area contributed by atoms with Crippen molar-refractivity contribution in [3.8, 4) is 0 Å². The molecule has 0 aliphatic heterocycles. The average molecular weight is 307 g/mol. The summed E-state index contributed by atoms with van der Waals surface area (Å²) in [5.41, 5.74) is 0. The van der Waals surface area contributed by atoms with E-state index in [0.717, 1.165) is 0 Å². The fourth-order valence-electron chi connectivity index (χ4n) is 0. The molecule has 0 aromatic carbocycles. The van der Waals surface area contributed by atoms with Crippen molar-refractivity contribution in [2.24, 2.45) is 0 Å². The maximum atomic E-state index is 0. The Kier molecular flexibility index (Phi) is 210. The molecular formula is CoFeHfN. The van der Waals surface area contributed by atoms with Crippen molar-refractivity contribution >= 4 is 0 Å². The fourth-order valence-corrected chi connectivity index (χ4v) is 0. The normalized spacial score (nSPS) is 0. The molecule has 1 nitrogen and oxygen atoms in total. The molecule has 4 radical (unpaired) electrons. The van der Waals surface area contributed by atoms with Crippen LogP contribution in [0.4, 0.5) is 0 Å². The van der Waals surface area contributed by atoms with Crippen LogP contribution in [0.5, 0.6) is 0 Å². The van der Waals surface area contributed by atoms with Crippen molar-refractivity contribution < 1.29 is 59.7 Å². The van der Waals surface area contributed by atoms with Crippen molar-refractivity contribution in [1.29, 1.82) is 0 Å². The predicted molar refractivity (Wildman–Crippen MR) is 2.13 cm³/mol. The smallest absolute Gasteiger partial charge is 0 e. The summed E-state index contributed by atoms with van der Waals surface area (Å²) in [6.45, 7) is 0. The number of hydrogen-bond donors (Lipinski definition) is 0. The molecule has 0 saturated carbocycles. The number of rotatable bonds is 0. The van der Waals surface area contributed by atoms with E-state index < -0.39 is 0 Å². The molecule has 0 aliphatic rings. The van der Waals surface area contributed by atoms with Gasteiger partial charge >= 0.3 is 0 Å². The summed E-state index contributed by atoms with van der Waals surface area (Å²) in [6, 6.07) is 0. The number of hydrogen-bond acceptors (Lipinski definition) is 0. The van der Waals surface area contributed by atoms with E-state index in [1.807, 2.05) is 0 Å². The van der Waals surface area contributed by atoms with E-state index in [-0.39, 0.29) is 65.8 Å². The molecule has 0 amide bonds. The van der Waals surface area contributed by atoms with Gasteiger partial charge in [0.15, 0.2) is 0 Å². The quantitative estimate of drug-likeness (QED) is 0.541. The molecule has 0 aliphatic carbocycles. The maximum Gasteiger partial charge on any atom is 0 e. The van der Waals surface area contributed by atoms with Crippen LogP contribution in [0.25, 0.3) is 0 Å². The molecular weight excluding hydrogens is 307 g/mol. The molecule has 4 heteroatoms. The molecule has 0 bridgehead atoms. The van der Waals surface area contributed by atoms with Crippen LogP contribution in [0, 0.1) is 0 Å². The Morgan fingerprint density at radius 2 is 1.00 bits per heavy atom. The Morgan fingerprint density at radius 3 is 1.00 bits per heavy atom. The molecule has 4 heavy (non-hydrogen) atoms. The van der Waals surface area contributed by atoms with Gasteiger partial charge in [-0.25, -0.2) is 0 Å². The zero-order valence-electron chi connectivity index (χ0n) is 1.63. The molecule has 0 heterocycles. The van der Waals surface area contributed by atoms with Gasteiger partial charge in [-0.1, -0.05) is 0 Å². The van der Waals surface area contributed by atoms with Gasteiger partial charge in [0, 0.05) is 65.8 Å². The van der Waals surface area contributed by atoms with E-state index >= 15 is 0 Å². The summed E-state index contributed by atoms with van der Waals surface area (Å²) in [5.74, 6) is 0. The molecule has 0 spiro atoms. The van der Waals surface area contributed by atoms with Gasteiger partial charge in [0.05, 0.1) is 0 Å². The van der Waals surface area contributed by atoms with E-state index in [4.69, 9.17) is 0 Å². The van der Waals surface area contributed by atoms with Crippen molar-refractivity contribution in [2.45, 2.75) is 0 Å². The van der Waals surface area contributed by atoms with Gasteiger partial charge in [-0.3, -0.25) is 0 Å². The van der Waals surface area contributed by atoms with E-state index in [9.17, 15) is 0 Å². The van der Waals surface area contributed by atoms with Crippen molar-refractivity contribution in [3.63, 3.8) is 0 Å². The van der Waals surface area contributed by atoms with Crippen LogP contribution >= 0.6 is 0 Å². The van der Waals surface area contributed by atoms with Crippen LogP contribution in [0.15, 0.2) is 0 Å². The van der Waals surface area contributed by atoms with Gasteiger partial charge < -0.3 is 0 Å². The predicted octanol–water partition coefficient (Wildman–Crippen LogP) is -0.488. The number of nitrogens with zero attached hydrogens (tertiary/aromatic N) is 1. The summed E-state index contributed by atoms with van der Waals surface area (Å²) in [5, 5.41) is 0. The molecule has 0 fully saturated rings. The van der Waals surface area contributed by atoms with E-state index in [1.54, 1.807) is 0 Å². The Morgan fingerprint density at radius 1 is 1.00 bits per heavy atom. The fraction of sp³-hybridized carbons (Fsp3) is 0. The van der Waals surface area contributed by atoms with E-state index in [1.165, 1.54) is 0 Å². The van der Waals surface area contributed by atoms with Gasteiger partial charge in [0.2, 0.25) is 0 Å². The Balaban J connectivity index is 0. The minimum atomic E-state index is 0. The third-order valence-electron chi connectivity index (χ3n) is 0. The summed E-state index contributed by atoms with van der Waals surface area (Å²) in [6.07, 6.45) is 0. The van der Waals surface area contributed by atoms with Crippen LogP contribution in [-0.4, -0.2) is 0 Å². The SMILES string of the molecule is [Co].[Fe].[Hf].[N]. The van der Waals surface area contributed by atoms with Crippen LogP contribution in [-0.2, 0) is 59.7 Å². The summed E-state index contributed by atoms with van der Waals surface area (Å²) in [4.78, 5) is 0. The van der Waals surface area contributed by atoms with Crippen molar-refractivity contribution in [3.05, 3.63) is 0 Å². The van der Waals surface area contributed by atoms with Crippen molar-refractivity contribution in [1.82, 2.24) is 6.15 Å². The van der Waals surface area contributed by atoms with Gasteiger partial charge in [0.1, 0.15) is 0 Å². The largest absolute Gasteiger partial charge is 0 e.